The summed E-state index contributed by atoms with van der Waals surface area (Å²) < 4.78 is 18.8. The number of hydrogen-bond donors (Lipinski definition) is 1. The minimum absolute atomic E-state index is 0.234. The second-order valence-corrected chi connectivity index (χ2v) is 4.89. The molecule has 2 nitrogen and oxygen atoms in total. The van der Waals surface area contributed by atoms with E-state index in [1.54, 1.807) is 20.1 Å². The quantitative estimate of drug-likeness (QED) is 0.917. The van der Waals surface area contributed by atoms with Crippen molar-refractivity contribution in [3.05, 3.63) is 65.0 Å². The second-order valence-electron chi connectivity index (χ2n) is 4.89. The van der Waals surface area contributed by atoms with Gasteiger partial charge in [-0.05, 0) is 48.7 Å². The average Bonchev–Trinajstić information content (AvgIpc) is 2.41. The fraction of sp³-hybridized carbons (Fsp3) is 0.250. The fourth-order valence-corrected chi connectivity index (χ4v) is 2.02. The number of rotatable bonds is 3. The molecule has 0 aliphatic rings. The van der Waals surface area contributed by atoms with Gasteiger partial charge in [0.05, 0.1) is 12.6 Å². The molecule has 100 valence electrons. The SMILES string of the molecule is COc1ccc(C(C)(N)c2ccc(C)c(F)c2)cc1. The van der Waals surface area contributed by atoms with Gasteiger partial charge in [0.15, 0.2) is 0 Å². The van der Waals surface area contributed by atoms with Gasteiger partial charge in [-0.2, -0.15) is 0 Å². The van der Waals surface area contributed by atoms with E-state index in [0.29, 0.717) is 5.56 Å². The molecule has 19 heavy (non-hydrogen) atoms. The number of aryl methyl sites for hydroxylation is 1. The highest BCUT2D eigenvalue weighted by Crippen LogP contribution is 2.28. The van der Waals surface area contributed by atoms with Crippen LogP contribution in [-0.2, 0) is 5.54 Å². The Labute approximate surface area is 113 Å². The molecular weight excluding hydrogens is 241 g/mol. The molecule has 2 aromatic rings. The Morgan fingerprint density at radius 2 is 1.63 bits per heavy atom. The van der Waals surface area contributed by atoms with Gasteiger partial charge < -0.3 is 10.5 Å². The molecule has 0 aliphatic heterocycles. The summed E-state index contributed by atoms with van der Waals surface area (Å²) in [6, 6.07) is 12.6. The maximum atomic E-state index is 13.7. The van der Waals surface area contributed by atoms with Gasteiger partial charge in [-0.3, -0.25) is 0 Å². The number of benzene rings is 2. The highest BCUT2D eigenvalue weighted by atomic mass is 19.1. The number of halogens is 1. The van der Waals surface area contributed by atoms with Gasteiger partial charge in [0.25, 0.3) is 0 Å². The Kier molecular flexibility index (Phi) is 3.58. The summed E-state index contributed by atoms with van der Waals surface area (Å²) in [6.07, 6.45) is 0. The first-order chi connectivity index (χ1) is 8.95. The van der Waals surface area contributed by atoms with Crippen LogP contribution in [0.2, 0.25) is 0 Å². The zero-order valence-corrected chi connectivity index (χ0v) is 11.4. The van der Waals surface area contributed by atoms with Crippen molar-refractivity contribution in [3.63, 3.8) is 0 Å². The number of methoxy groups -OCH3 is 1. The van der Waals surface area contributed by atoms with Crippen molar-refractivity contribution >= 4 is 0 Å². The zero-order chi connectivity index (χ0) is 14.0. The van der Waals surface area contributed by atoms with Gasteiger partial charge in [-0.25, -0.2) is 4.39 Å². The van der Waals surface area contributed by atoms with Crippen molar-refractivity contribution in [2.45, 2.75) is 19.4 Å². The Hall–Kier alpha value is -1.87. The first-order valence-corrected chi connectivity index (χ1v) is 6.15. The molecule has 0 radical (unpaired) electrons. The Bertz CT molecular complexity index is 576. The molecule has 0 heterocycles. The van der Waals surface area contributed by atoms with Gasteiger partial charge in [-0.15, -0.1) is 0 Å². The van der Waals surface area contributed by atoms with Gasteiger partial charge in [0.1, 0.15) is 11.6 Å². The van der Waals surface area contributed by atoms with Crippen LogP contribution in [0.1, 0.15) is 23.6 Å². The molecule has 2 rings (SSSR count). The van der Waals surface area contributed by atoms with Crippen LogP contribution < -0.4 is 10.5 Å². The van der Waals surface area contributed by atoms with Gasteiger partial charge >= 0.3 is 0 Å². The molecule has 2 N–H and O–H groups in total. The minimum atomic E-state index is -0.735. The van der Waals surface area contributed by atoms with Gasteiger partial charge in [0.2, 0.25) is 0 Å². The number of hydrogen-bond acceptors (Lipinski definition) is 2. The third kappa shape index (κ3) is 2.61. The summed E-state index contributed by atoms with van der Waals surface area (Å²) >= 11 is 0. The molecule has 1 unspecified atom stereocenters. The van der Waals surface area contributed by atoms with Crippen LogP contribution in [0.3, 0.4) is 0 Å². The van der Waals surface area contributed by atoms with Gasteiger partial charge in [0, 0.05) is 0 Å². The molecule has 0 spiro atoms. The lowest BCUT2D eigenvalue weighted by Gasteiger charge is -2.26. The van der Waals surface area contributed by atoms with Crippen molar-refractivity contribution in [1.82, 2.24) is 0 Å². The van der Waals surface area contributed by atoms with Crippen LogP contribution in [0, 0.1) is 12.7 Å². The third-order valence-corrected chi connectivity index (χ3v) is 3.46. The van der Waals surface area contributed by atoms with Crippen LogP contribution in [0.25, 0.3) is 0 Å². The Balaban J connectivity index is 2.41. The van der Waals surface area contributed by atoms with E-state index < -0.39 is 5.54 Å². The minimum Gasteiger partial charge on any atom is -0.497 e. The highest BCUT2D eigenvalue weighted by molar-refractivity contribution is 5.40. The van der Waals surface area contributed by atoms with Crippen LogP contribution in [0.5, 0.6) is 5.75 Å². The van der Waals surface area contributed by atoms with E-state index in [4.69, 9.17) is 10.5 Å². The van der Waals surface area contributed by atoms with E-state index >= 15 is 0 Å². The first-order valence-electron chi connectivity index (χ1n) is 6.15. The summed E-state index contributed by atoms with van der Waals surface area (Å²) in [4.78, 5) is 0. The molecule has 3 heteroatoms. The summed E-state index contributed by atoms with van der Waals surface area (Å²) in [6.45, 7) is 3.61. The highest BCUT2D eigenvalue weighted by Gasteiger charge is 2.24. The summed E-state index contributed by atoms with van der Waals surface area (Å²) in [5.74, 6) is 0.539. The molecule has 0 saturated carbocycles. The lowest BCUT2D eigenvalue weighted by Crippen LogP contribution is -2.34. The lowest BCUT2D eigenvalue weighted by atomic mass is 9.85. The van der Waals surface area contributed by atoms with Crippen LogP contribution in [0.4, 0.5) is 4.39 Å². The Morgan fingerprint density at radius 3 is 2.16 bits per heavy atom. The number of ether oxygens (including phenoxy) is 1. The molecule has 0 bridgehead atoms. The van der Waals surface area contributed by atoms with Crippen LogP contribution >= 0.6 is 0 Å². The number of nitrogens with two attached hydrogens (primary N) is 1. The van der Waals surface area contributed by atoms with Crippen molar-refractivity contribution in [2.24, 2.45) is 5.73 Å². The Morgan fingerprint density at radius 1 is 1.05 bits per heavy atom. The standard InChI is InChI=1S/C16H18FNO/c1-11-4-5-13(10-15(11)17)16(2,18)12-6-8-14(19-3)9-7-12/h4-10H,18H2,1-3H3. The maximum Gasteiger partial charge on any atom is 0.126 e. The summed E-state index contributed by atoms with van der Waals surface area (Å²) in [5.41, 5.74) is 7.91. The zero-order valence-electron chi connectivity index (χ0n) is 11.4. The molecule has 1 atom stereocenters. The normalized spacial score (nSPS) is 13.9. The molecular formula is C16H18FNO. The monoisotopic (exact) mass is 259 g/mol. The fourth-order valence-electron chi connectivity index (χ4n) is 2.02. The van der Waals surface area contributed by atoms with Gasteiger partial charge in [-0.1, -0.05) is 24.3 Å². The van der Waals surface area contributed by atoms with Crippen molar-refractivity contribution < 1.29 is 9.13 Å². The predicted octanol–water partition coefficient (Wildman–Crippen LogP) is 3.36. The molecule has 2 aromatic carbocycles. The van der Waals surface area contributed by atoms with Crippen molar-refractivity contribution in [1.29, 1.82) is 0 Å². The average molecular weight is 259 g/mol. The smallest absolute Gasteiger partial charge is 0.126 e. The summed E-state index contributed by atoms with van der Waals surface area (Å²) in [5, 5.41) is 0. The maximum absolute atomic E-state index is 13.7. The molecule has 0 aromatic heterocycles. The van der Waals surface area contributed by atoms with E-state index in [1.807, 2.05) is 37.3 Å². The molecule has 0 amide bonds. The topological polar surface area (TPSA) is 35.2 Å². The van der Waals surface area contributed by atoms with Crippen LogP contribution in [-0.4, -0.2) is 7.11 Å². The van der Waals surface area contributed by atoms with E-state index in [9.17, 15) is 4.39 Å². The summed E-state index contributed by atoms with van der Waals surface area (Å²) in [7, 11) is 1.62. The lowest BCUT2D eigenvalue weighted by molar-refractivity contribution is 0.414. The predicted molar refractivity (Wildman–Crippen MR) is 74.8 cm³/mol. The first kappa shape index (κ1) is 13.6. The molecule has 0 fully saturated rings. The third-order valence-electron chi connectivity index (χ3n) is 3.46. The second kappa shape index (κ2) is 5.02. The van der Waals surface area contributed by atoms with E-state index in [-0.39, 0.29) is 5.82 Å². The van der Waals surface area contributed by atoms with Crippen molar-refractivity contribution in [3.8, 4) is 5.75 Å². The molecule has 0 saturated heterocycles. The largest absolute Gasteiger partial charge is 0.497 e. The van der Waals surface area contributed by atoms with Crippen molar-refractivity contribution in [2.75, 3.05) is 7.11 Å². The van der Waals surface area contributed by atoms with E-state index in [2.05, 4.69) is 0 Å². The van der Waals surface area contributed by atoms with Crippen LogP contribution in [0.15, 0.2) is 42.5 Å². The molecule has 0 aliphatic carbocycles. The van der Waals surface area contributed by atoms with E-state index in [1.165, 1.54) is 6.07 Å². The van der Waals surface area contributed by atoms with E-state index in [0.717, 1.165) is 16.9 Å².